The largest absolute Gasteiger partial charge is 0.378 e. The normalized spacial score (nSPS) is 13.8. The molecule has 0 radical (unpaired) electrons. The summed E-state index contributed by atoms with van der Waals surface area (Å²) >= 11 is 0. The minimum atomic E-state index is 0.125. The fourth-order valence-corrected chi connectivity index (χ4v) is 4.46. The van der Waals surface area contributed by atoms with Gasteiger partial charge in [-0.15, -0.1) is 0 Å². The van der Waals surface area contributed by atoms with Gasteiger partial charge >= 0.3 is 0 Å². The minimum Gasteiger partial charge on any atom is -0.378 e. The number of nitrogens with one attached hydrogen (secondary N) is 2. The molecule has 9 heteroatoms. The molecular formula is C27H25N7O2. The highest BCUT2D eigenvalue weighted by Gasteiger charge is 2.18. The topological polar surface area (TPSA) is 113 Å². The number of benzene rings is 2. The highest BCUT2D eigenvalue weighted by molar-refractivity contribution is 5.86. The number of H-pyrrole nitrogens is 2. The summed E-state index contributed by atoms with van der Waals surface area (Å²) in [5, 5.41) is 7.33. The molecule has 0 aliphatic carbocycles. The van der Waals surface area contributed by atoms with Gasteiger partial charge in [0.2, 0.25) is 0 Å². The van der Waals surface area contributed by atoms with Crippen molar-refractivity contribution in [3.8, 4) is 22.6 Å². The molecule has 1 aliphatic rings. The first-order valence-corrected chi connectivity index (χ1v) is 12.0. The summed E-state index contributed by atoms with van der Waals surface area (Å²) in [5.41, 5.74) is 6.02. The molecule has 0 amide bonds. The van der Waals surface area contributed by atoms with Crippen LogP contribution in [0.5, 0.6) is 0 Å². The van der Waals surface area contributed by atoms with Crippen molar-refractivity contribution in [3.05, 3.63) is 78.2 Å². The molecule has 5 aromatic rings. The molecule has 0 spiro atoms. The maximum Gasteiger partial charge on any atom is 0.183 e. The average Bonchev–Trinajstić information content (AvgIpc) is 3.57. The van der Waals surface area contributed by atoms with Crippen molar-refractivity contribution in [3.63, 3.8) is 0 Å². The quantitative estimate of drug-likeness (QED) is 0.367. The van der Waals surface area contributed by atoms with E-state index in [1.807, 2.05) is 60.7 Å². The monoisotopic (exact) mass is 479 g/mol. The molecule has 0 saturated carbocycles. The second-order valence-corrected chi connectivity index (χ2v) is 8.81. The van der Waals surface area contributed by atoms with Crippen molar-refractivity contribution in [2.75, 3.05) is 31.2 Å². The Morgan fingerprint density at radius 2 is 1.75 bits per heavy atom. The van der Waals surface area contributed by atoms with Crippen molar-refractivity contribution in [1.82, 2.24) is 30.1 Å². The first-order valence-electron chi connectivity index (χ1n) is 12.0. The number of aromatic nitrogens is 6. The molecule has 0 bridgehead atoms. The SMILES string of the molecule is O=C(Cc1ccc(-c2nc3ncnc(N4CCOCC4)c3[nH]2)cc1)Cc1cc(-c2ccccc2)n[nH]1. The Labute approximate surface area is 207 Å². The van der Waals surface area contributed by atoms with E-state index in [-0.39, 0.29) is 5.78 Å². The summed E-state index contributed by atoms with van der Waals surface area (Å²) in [7, 11) is 0. The van der Waals surface area contributed by atoms with Crippen LogP contribution in [0.25, 0.3) is 33.8 Å². The summed E-state index contributed by atoms with van der Waals surface area (Å²) in [4.78, 5) is 31.8. The number of imidazole rings is 1. The predicted molar refractivity (Wildman–Crippen MR) is 137 cm³/mol. The van der Waals surface area contributed by atoms with Crippen molar-refractivity contribution >= 4 is 22.8 Å². The Morgan fingerprint density at radius 1 is 0.944 bits per heavy atom. The molecular weight excluding hydrogens is 454 g/mol. The number of carbonyl (C=O) groups excluding carboxylic acids is 1. The van der Waals surface area contributed by atoms with Gasteiger partial charge in [-0.05, 0) is 11.6 Å². The number of ketones is 1. The van der Waals surface area contributed by atoms with Crippen molar-refractivity contribution in [1.29, 1.82) is 0 Å². The number of rotatable bonds is 7. The summed E-state index contributed by atoms with van der Waals surface area (Å²) < 4.78 is 5.46. The zero-order valence-corrected chi connectivity index (χ0v) is 19.6. The van der Waals surface area contributed by atoms with E-state index >= 15 is 0 Å². The Morgan fingerprint density at radius 3 is 2.56 bits per heavy atom. The fourth-order valence-electron chi connectivity index (χ4n) is 4.46. The van der Waals surface area contributed by atoms with E-state index < -0.39 is 0 Å². The molecule has 1 fully saturated rings. The van der Waals surface area contributed by atoms with Gasteiger partial charge < -0.3 is 14.6 Å². The fraction of sp³-hybridized carbons (Fsp3) is 0.222. The highest BCUT2D eigenvalue weighted by Crippen LogP contribution is 2.26. The van der Waals surface area contributed by atoms with Gasteiger partial charge in [0.25, 0.3) is 0 Å². The molecule has 9 nitrogen and oxygen atoms in total. The molecule has 3 aromatic heterocycles. The summed E-state index contributed by atoms with van der Waals surface area (Å²) in [6, 6.07) is 19.7. The van der Waals surface area contributed by atoms with Gasteiger partial charge in [-0.2, -0.15) is 5.10 Å². The molecule has 2 aromatic carbocycles. The predicted octanol–water partition coefficient (Wildman–Crippen LogP) is 3.60. The van der Waals surface area contributed by atoms with Crippen LogP contribution in [0.4, 0.5) is 5.82 Å². The summed E-state index contributed by atoms with van der Waals surface area (Å²) in [5.74, 6) is 1.70. The average molecular weight is 480 g/mol. The lowest BCUT2D eigenvalue weighted by Crippen LogP contribution is -2.36. The Bertz CT molecular complexity index is 1490. The number of fused-ring (bicyclic) bond motifs is 1. The van der Waals surface area contributed by atoms with Gasteiger partial charge in [-0.1, -0.05) is 54.6 Å². The molecule has 2 N–H and O–H groups in total. The Hall–Kier alpha value is -4.37. The molecule has 4 heterocycles. The van der Waals surface area contributed by atoms with E-state index in [4.69, 9.17) is 4.74 Å². The molecule has 36 heavy (non-hydrogen) atoms. The van der Waals surface area contributed by atoms with Gasteiger partial charge in [0.15, 0.2) is 11.5 Å². The molecule has 180 valence electrons. The second-order valence-electron chi connectivity index (χ2n) is 8.81. The van der Waals surface area contributed by atoms with Crippen molar-refractivity contribution in [2.45, 2.75) is 12.8 Å². The number of hydrogen-bond donors (Lipinski definition) is 2. The van der Waals surface area contributed by atoms with Crippen LogP contribution in [-0.4, -0.2) is 62.2 Å². The van der Waals surface area contributed by atoms with Gasteiger partial charge in [0.05, 0.1) is 18.9 Å². The van der Waals surface area contributed by atoms with E-state index in [2.05, 4.69) is 35.0 Å². The van der Waals surface area contributed by atoms with Crippen LogP contribution in [0.1, 0.15) is 11.3 Å². The number of morpholine rings is 1. The molecule has 1 saturated heterocycles. The van der Waals surface area contributed by atoms with Crippen LogP contribution in [-0.2, 0) is 22.4 Å². The lowest BCUT2D eigenvalue weighted by Gasteiger charge is -2.27. The van der Waals surface area contributed by atoms with E-state index in [1.165, 1.54) is 0 Å². The smallest absolute Gasteiger partial charge is 0.183 e. The minimum absolute atomic E-state index is 0.125. The third-order valence-electron chi connectivity index (χ3n) is 6.30. The molecule has 0 atom stereocenters. The van der Waals surface area contributed by atoms with Crippen LogP contribution >= 0.6 is 0 Å². The van der Waals surface area contributed by atoms with Crippen LogP contribution in [0, 0.1) is 0 Å². The number of ether oxygens (including phenoxy) is 1. The summed E-state index contributed by atoms with van der Waals surface area (Å²) in [6.07, 6.45) is 2.22. The number of Topliss-reactive ketones (excluding diaryl/α,β-unsaturated/α-hetero) is 1. The maximum absolute atomic E-state index is 12.7. The number of aromatic amines is 2. The highest BCUT2D eigenvalue weighted by atomic mass is 16.5. The summed E-state index contributed by atoms with van der Waals surface area (Å²) in [6.45, 7) is 2.94. The van der Waals surface area contributed by atoms with Gasteiger partial charge in [0.1, 0.15) is 23.5 Å². The second kappa shape index (κ2) is 9.71. The van der Waals surface area contributed by atoms with E-state index in [1.54, 1.807) is 6.33 Å². The molecule has 0 unspecified atom stereocenters. The van der Waals surface area contributed by atoms with E-state index in [9.17, 15) is 4.79 Å². The van der Waals surface area contributed by atoms with Crippen molar-refractivity contribution < 1.29 is 9.53 Å². The van der Waals surface area contributed by atoms with Gasteiger partial charge in [0, 0.05) is 42.8 Å². The lowest BCUT2D eigenvalue weighted by atomic mass is 10.0. The van der Waals surface area contributed by atoms with E-state index in [0.717, 1.165) is 58.3 Å². The maximum atomic E-state index is 12.7. The molecule has 6 rings (SSSR count). The third-order valence-corrected chi connectivity index (χ3v) is 6.30. The zero-order valence-electron chi connectivity index (χ0n) is 19.6. The number of hydrogen-bond acceptors (Lipinski definition) is 7. The van der Waals surface area contributed by atoms with Crippen LogP contribution in [0.2, 0.25) is 0 Å². The van der Waals surface area contributed by atoms with E-state index in [0.29, 0.717) is 31.7 Å². The van der Waals surface area contributed by atoms with Gasteiger partial charge in [-0.25, -0.2) is 15.0 Å². The number of carbonyl (C=O) groups is 1. The van der Waals surface area contributed by atoms with Crippen LogP contribution in [0.3, 0.4) is 0 Å². The Balaban J connectivity index is 1.14. The van der Waals surface area contributed by atoms with Gasteiger partial charge in [-0.3, -0.25) is 9.89 Å². The first kappa shape index (κ1) is 22.1. The first-order chi connectivity index (χ1) is 17.7. The van der Waals surface area contributed by atoms with Crippen molar-refractivity contribution in [2.24, 2.45) is 0 Å². The van der Waals surface area contributed by atoms with Crippen LogP contribution < -0.4 is 4.90 Å². The number of anilines is 1. The van der Waals surface area contributed by atoms with Crippen LogP contribution in [0.15, 0.2) is 67.0 Å². The Kier molecular flexibility index (Phi) is 5.96. The zero-order chi connectivity index (χ0) is 24.3. The molecule has 1 aliphatic heterocycles. The standard InChI is InChI=1S/C27H25N7O2/c35-22(15-21-16-23(33-32-21)19-4-2-1-3-5-19)14-18-6-8-20(9-7-18)25-30-24-26(31-25)28-17-29-27(24)34-10-12-36-13-11-34/h1-9,16-17H,10-15H2,(H,32,33)(H,28,29,30,31). The lowest BCUT2D eigenvalue weighted by molar-refractivity contribution is -0.117. The number of nitrogens with zero attached hydrogens (tertiary/aromatic N) is 5. The third kappa shape index (κ3) is 4.60.